The molecule has 1 unspecified atom stereocenters. The highest BCUT2D eigenvalue weighted by atomic mass is 32.2. The number of allylic oxidation sites excluding steroid dienone is 1. The van der Waals surface area contributed by atoms with Crippen molar-refractivity contribution in [2.45, 2.75) is 32.2 Å². The zero-order valence-corrected chi connectivity index (χ0v) is 20.5. The molecule has 0 saturated carbocycles. The van der Waals surface area contributed by atoms with Crippen molar-refractivity contribution < 1.29 is 14.7 Å². The van der Waals surface area contributed by atoms with Crippen LogP contribution in [0.2, 0.25) is 0 Å². The van der Waals surface area contributed by atoms with E-state index < -0.39 is 12.0 Å². The first-order valence-electron chi connectivity index (χ1n) is 11.4. The van der Waals surface area contributed by atoms with Crippen LogP contribution in [0.3, 0.4) is 0 Å². The third-order valence-electron chi connectivity index (χ3n) is 5.69. The van der Waals surface area contributed by atoms with Gasteiger partial charge in [-0.05, 0) is 78.1 Å². The second-order valence-electron chi connectivity index (χ2n) is 8.19. The smallest absolute Gasteiger partial charge is 0.326 e. The van der Waals surface area contributed by atoms with Crippen molar-refractivity contribution >= 4 is 29.7 Å². The maximum Gasteiger partial charge on any atom is 0.326 e. The number of nitrogens with one attached hydrogen (secondary N) is 1. The fourth-order valence-electron chi connectivity index (χ4n) is 3.80. The van der Waals surface area contributed by atoms with Crippen LogP contribution in [0.4, 0.5) is 0 Å². The lowest BCUT2D eigenvalue weighted by atomic mass is 9.93. The molecule has 5 heteroatoms. The number of thioether (sulfide) groups is 1. The Labute approximate surface area is 206 Å². The molecule has 2 N–H and O–H groups in total. The van der Waals surface area contributed by atoms with Gasteiger partial charge in [-0.15, -0.1) is 0 Å². The molecular formula is C29H31NO3S. The summed E-state index contributed by atoms with van der Waals surface area (Å²) in [7, 11) is 0. The van der Waals surface area contributed by atoms with Gasteiger partial charge in [-0.2, -0.15) is 11.8 Å². The van der Waals surface area contributed by atoms with E-state index in [0.717, 1.165) is 35.1 Å². The molecule has 0 aromatic heterocycles. The lowest BCUT2D eigenvalue weighted by molar-refractivity contribution is -0.139. The normalized spacial score (nSPS) is 11.9. The van der Waals surface area contributed by atoms with Crippen LogP contribution in [0.15, 0.2) is 78.9 Å². The zero-order valence-electron chi connectivity index (χ0n) is 19.7. The Hall–Kier alpha value is -3.31. The number of carboxylic acid groups (broad SMARTS) is 1. The Morgan fingerprint density at radius 1 is 1.00 bits per heavy atom. The highest BCUT2D eigenvalue weighted by Crippen LogP contribution is 2.29. The van der Waals surface area contributed by atoms with Gasteiger partial charge in [0.15, 0.2) is 0 Å². The largest absolute Gasteiger partial charge is 0.480 e. The molecule has 176 valence electrons. The van der Waals surface area contributed by atoms with Crippen LogP contribution < -0.4 is 5.32 Å². The first kappa shape index (κ1) is 25.3. The number of carbonyl (C=O) groups is 2. The number of benzene rings is 3. The molecule has 0 radical (unpaired) electrons. The van der Waals surface area contributed by atoms with E-state index in [4.69, 9.17) is 0 Å². The number of hydrogen-bond acceptors (Lipinski definition) is 3. The zero-order chi connectivity index (χ0) is 24.3. The lowest BCUT2D eigenvalue weighted by Gasteiger charge is -2.17. The van der Waals surface area contributed by atoms with Gasteiger partial charge < -0.3 is 10.4 Å². The van der Waals surface area contributed by atoms with Gasteiger partial charge in [0.25, 0.3) is 5.91 Å². The number of amides is 1. The average molecular weight is 474 g/mol. The summed E-state index contributed by atoms with van der Waals surface area (Å²) in [5.74, 6) is -0.724. The molecule has 3 aromatic rings. The molecular weight excluding hydrogens is 442 g/mol. The Kier molecular flexibility index (Phi) is 9.53. The molecule has 1 atom stereocenters. The topological polar surface area (TPSA) is 66.4 Å². The minimum Gasteiger partial charge on any atom is -0.480 e. The predicted molar refractivity (Wildman–Crippen MR) is 142 cm³/mol. The van der Waals surface area contributed by atoms with Crippen LogP contribution in [0, 0.1) is 6.92 Å². The fourth-order valence-corrected chi connectivity index (χ4v) is 4.28. The molecule has 0 aliphatic heterocycles. The fraction of sp³-hybridized carbons (Fsp3) is 0.241. The van der Waals surface area contributed by atoms with E-state index in [1.165, 1.54) is 5.56 Å². The second kappa shape index (κ2) is 12.8. The molecule has 0 bridgehead atoms. The first-order valence-corrected chi connectivity index (χ1v) is 12.8. The SMILES string of the molecule is CSCCC(NC(=O)c1ccc(C=CCCc2ccccc2)cc1-c1ccccc1C)C(=O)O. The van der Waals surface area contributed by atoms with Crippen LogP contribution in [0.25, 0.3) is 17.2 Å². The van der Waals surface area contributed by atoms with Gasteiger partial charge in [0.05, 0.1) is 0 Å². The third kappa shape index (κ3) is 7.09. The van der Waals surface area contributed by atoms with E-state index in [9.17, 15) is 14.7 Å². The van der Waals surface area contributed by atoms with Crippen LogP contribution >= 0.6 is 11.8 Å². The minimum absolute atomic E-state index is 0.369. The predicted octanol–water partition coefficient (Wildman–Crippen LogP) is 6.24. The van der Waals surface area contributed by atoms with Gasteiger partial charge in [-0.1, -0.05) is 72.8 Å². The standard InChI is InChI=1S/C29H31NO3S/c1-21-10-6-9-15-24(21)26-20-23(14-8-7-13-22-11-4-3-5-12-22)16-17-25(26)28(31)30-27(29(32)33)18-19-34-2/h3-6,8-12,14-17,20,27H,7,13,18-19H2,1-2H3,(H,30,31)(H,32,33). The summed E-state index contributed by atoms with van der Waals surface area (Å²) >= 11 is 1.56. The van der Waals surface area contributed by atoms with Crippen LogP contribution in [-0.4, -0.2) is 35.0 Å². The van der Waals surface area contributed by atoms with E-state index in [1.807, 2.05) is 67.8 Å². The van der Waals surface area contributed by atoms with E-state index in [0.29, 0.717) is 17.7 Å². The summed E-state index contributed by atoms with van der Waals surface area (Å²) in [6.07, 6.45) is 8.40. The number of rotatable bonds is 11. The molecule has 1 amide bonds. The van der Waals surface area contributed by atoms with E-state index in [1.54, 1.807) is 17.8 Å². The molecule has 3 aromatic carbocycles. The van der Waals surface area contributed by atoms with Crippen molar-refractivity contribution in [2.75, 3.05) is 12.0 Å². The van der Waals surface area contributed by atoms with Crippen molar-refractivity contribution in [3.05, 3.63) is 101 Å². The maximum absolute atomic E-state index is 13.2. The highest BCUT2D eigenvalue weighted by Gasteiger charge is 2.22. The van der Waals surface area contributed by atoms with Crippen LogP contribution in [0.5, 0.6) is 0 Å². The maximum atomic E-state index is 13.2. The molecule has 0 heterocycles. The lowest BCUT2D eigenvalue weighted by Crippen LogP contribution is -2.41. The Bertz CT molecular complexity index is 1140. The van der Waals surface area contributed by atoms with Crippen molar-refractivity contribution in [1.82, 2.24) is 5.32 Å². The van der Waals surface area contributed by atoms with Crippen molar-refractivity contribution in [3.63, 3.8) is 0 Å². The van der Waals surface area contributed by atoms with Gasteiger partial charge in [-0.25, -0.2) is 4.79 Å². The van der Waals surface area contributed by atoms with Crippen molar-refractivity contribution in [2.24, 2.45) is 0 Å². The van der Waals surface area contributed by atoms with Gasteiger partial charge >= 0.3 is 5.97 Å². The Morgan fingerprint density at radius 3 is 2.44 bits per heavy atom. The van der Waals surface area contributed by atoms with Crippen molar-refractivity contribution in [1.29, 1.82) is 0 Å². The summed E-state index contributed by atoms with van der Waals surface area (Å²) < 4.78 is 0. The number of aliphatic carboxylic acids is 1. The summed E-state index contributed by atoms with van der Waals surface area (Å²) in [6.45, 7) is 2.01. The third-order valence-corrected chi connectivity index (χ3v) is 6.33. The van der Waals surface area contributed by atoms with E-state index in [-0.39, 0.29) is 5.91 Å². The molecule has 0 aliphatic rings. The molecule has 0 fully saturated rings. The van der Waals surface area contributed by atoms with E-state index in [2.05, 4.69) is 29.6 Å². The van der Waals surface area contributed by atoms with Gasteiger partial charge in [0.2, 0.25) is 0 Å². The van der Waals surface area contributed by atoms with Gasteiger partial charge in [0, 0.05) is 5.56 Å². The molecule has 0 saturated heterocycles. The summed E-state index contributed by atoms with van der Waals surface area (Å²) in [4.78, 5) is 24.8. The Balaban J connectivity index is 1.86. The monoisotopic (exact) mass is 473 g/mol. The van der Waals surface area contributed by atoms with Gasteiger partial charge in [0.1, 0.15) is 6.04 Å². The number of hydrogen-bond donors (Lipinski definition) is 2. The first-order chi connectivity index (χ1) is 16.5. The minimum atomic E-state index is -1.02. The van der Waals surface area contributed by atoms with Crippen LogP contribution in [0.1, 0.15) is 39.9 Å². The number of carboxylic acids is 1. The van der Waals surface area contributed by atoms with E-state index >= 15 is 0 Å². The molecule has 4 nitrogen and oxygen atoms in total. The summed E-state index contributed by atoms with van der Waals surface area (Å²) in [6, 6.07) is 23.1. The van der Waals surface area contributed by atoms with Crippen molar-refractivity contribution in [3.8, 4) is 11.1 Å². The average Bonchev–Trinajstić information content (AvgIpc) is 2.85. The van der Waals surface area contributed by atoms with Gasteiger partial charge in [-0.3, -0.25) is 4.79 Å². The highest BCUT2D eigenvalue weighted by molar-refractivity contribution is 7.98. The summed E-state index contributed by atoms with van der Waals surface area (Å²) in [5.41, 5.74) is 5.59. The summed E-state index contributed by atoms with van der Waals surface area (Å²) in [5, 5.41) is 12.3. The second-order valence-corrected chi connectivity index (χ2v) is 9.18. The molecule has 34 heavy (non-hydrogen) atoms. The molecule has 3 rings (SSSR count). The van der Waals surface area contributed by atoms with Crippen LogP contribution in [-0.2, 0) is 11.2 Å². The Morgan fingerprint density at radius 2 is 1.74 bits per heavy atom. The number of carbonyl (C=O) groups excluding carboxylic acids is 1. The number of aryl methyl sites for hydroxylation is 2. The molecule has 0 spiro atoms. The quantitative estimate of drug-likeness (QED) is 0.346. The molecule has 0 aliphatic carbocycles.